The predicted molar refractivity (Wildman–Crippen MR) is 73.5 cm³/mol. The summed E-state index contributed by atoms with van der Waals surface area (Å²) in [5, 5.41) is 11.3. The molecule has 0 amide bonds. The van der Waals surface area contributed by atoms with Crippen molar-refractivity contribution >= 4 is 23.2 Å². The summed E-state index contributed by atoms with van der Waals surface area (Å²) >= 11 is 12.0. The van der Waals surface area contributed by atoms with Gasteiger partial charge >= 0.3 is 0 Å². The molecule has 94 valence electrons. The lowest BCUT2D eigenvalue weighted by Gasteiger charge is -2.14. The first-order chi connectivity index (χ1) is 8.61. The van der Waals surface area contributed by atoms with Crippen LogP contribution in [-0.4, -0.2) is 12.2 Å². The second kappa shape index (κ2) is 5.61. The van der Waals surface area contributed by atoms with Crippen molar-refractivity contribution in [1.82, 2.24) is 0 Å². The Morgan fingerprint density at radius 3 is 2.33 bits per heavy atom. The molecule has 2 aromatic rings. The van der Waals surface area contributed by atoms with E-state index in [1.165, 1.54) is 0 Å². The SMILES string of the molecule is COc1ccc(C(O)c2cc(Cl)ccc2Cl)cc1. The Hall–Kier alpha value is -1.22. The van der Waals surface area contributed by atoms with Crippen molar-refractivity contribution < 1.29 is 9.84 Å². The molecule has 2 aromatic carbocycles. The molecule has 0 radical (unpaired) electrons. The summed E-state index contributed by atoms with van der Waals surface area (Å²) in [5.41, 5.74) is 1.33. The molecule has 0 spiro atoms. The van der Waals surface area contributed by atoms with Gasteiger partial charge in [-0.15, -0.1) is 0 Å². The third-order valence-electron chi connectivity index (χ3n) is 2.68. The van der Waals surface area contributed by atoms with Crippen LogP contribution in [0, 0.1) is 0 Å². The summed E-state index contributed by atoms with van der Waals surface area (Å²) in [4.78, 5) is 0. The highest BCUT2D eigenvalue weighted by atomic mass is 35.5. The van der Waals surface area contributed by atoms with E-state index in [0.29, 0.717) is 15.6 Å². The van der Waals surface area contributed by atoms with Gasteiger partial charge < -0.3 is 9.84 Å². The maximum atomic E-state index is 10.3. The van der Waals surface area contributed by atoms with Crippen LogP contribution in [0.4, 0.5) is 0 Å². The zero-order chi connectivity index (χ0) is 13.1. The molecule has 0 aliphatic rings. The van der Waals surface area contributed by atoms with Gasteiger partial charge in [0.15, 0.2) is 0 Å². The average molecular weight is 283 g/mol. The Bertz CT molecular complexity index is 538. The normalized spacial score (nSPS) is 12.2. The van der Waals surface area contributed by atoms with Crippen molar-refractivity contribution in [3.63, 3.8) is 0 Å². The molecular formula is C14H12Cl2O2. The van der Waals surface area contributed by atoms with Crippen molar-refractivity contribution in [2.45, 2.75) is 6.10 Å². The first kappa shape index (κ1) is 13.2. The van der Waals surface area contributed by atoms with Crippen LogP contribution in [0.15, 0.2) is 42.5 Å². The number of hydrogen-bond acceptors (Lipinski definition) is 2. The van der Waals surface area contributed by atoms with Crippen molar-refractivity contribution in [3.05, 3.63) is 63.6 Å². The fourth-order valence-corrected chi connectivity index (χ4v) is 2.09. The highest BCUT2D eigenvalue weighted by molar-refractivity contribution is 6.33. The van der Waals surface area contributed by atoms with Gasteiger partial charge in [-0.3, -0.25) is 0 Å². The number of ether oxygens (including phenoxy) is 1. The Kier molecular flexibility index (Phi) is 4.12. The minimum atomic E-state index is -0.804. The van der Waals surface area contributed by atoms with Crippen LogP contribution in [0.25, 0.3) is 0 Å². The molecule has 0 saturated carbocycles. The van der Waals surface area contributed by atoms with Crippen molar-refractivity contribution in [3.8, 4) is 5.75 Å². The maximum absolute atomic E-state index is 10.3. The molecule has 0 fully saturated rings. The molecule has 18 heavy (non-hydrogen) atoms. The van der Waals surface area contributed by atoms with Gasteiger partial charge in [0.2, 0.25) is 0 Å². The molecule has 0 heterocycles. The third kappa shape index (κ3) is 2.78. The van der Waals surface area contributed by atoms with Crippen LogP contribution in [0.1, 0.15) is 17.2 Å². The van der Waals surface area contributed by atoms with Crippen LogP contribution >= 0.6 is 23.2 Å². The number of rotatable bonds is 3. The fraction of sp³-hybridized carbons (Fsp3) is 0.143. The molecule has 0 aromatic heterocycles. The molecule has 2 nitrogen and oxygen atoms in total. The van der Waals surface area contributed by atoms with E-state index in [0.717, 1.165) is 11.3 Å². The Balaban J connectivity index is 2.34. The van der Waals surface area contributed by atoms with E-state index in [1.54, 1.807) is 49.6 Å². The summed E-state index contributed by atoms with van der Waals surface area (Å²) in [7, 11) is 1.60. The molecule has 0 bridgehead atoms. The predicted octanol–water partition coefficient (Wildman–Crippen LogP) is 4.08. The molecule has 4 heteroatoms. The van der Waals surface area contributed by atoms with Gasteiger partial charge in [-0.05, 0) is 35.9 Å². The molecule has 1 N–H and O–H groups in total. The first-order valence-electron chi connectivity index (χ1n) is 5.39. The minimum Gasteiger partial charge on any atom is -0.497 e. The molecule has 0 aliphatic carbocycles. The Labute approximate surface area is 116 Å². The van der Waals surface area contributed by atoms with E-state index in [4.69, 9.17) is 27.9 Å². The molecule has 2 rings (SSSR count). The molecule has 1 atom stereocenters. The second-order valence-electron chi connectivity index (χ2n) is 3.84. The van der Waals surface area contributed by atoms with Gasteiger partial charge in [-0.2, -0.15) is 0 Å². The van der Waals surface area contributed by atoms with Gasteiger partial charge in [0, 0.05) is 15.6 Å². The molecular weight excluding hydrogens is 271 g/mol. The van der Waals surface area contributed by atoms with Gasteiger partial charge in [0.1, 0.15) is 11.9 Å². The Morgan fingerprint density at radius 1 is 1.06 bits per heavy atom. The smallest absolute Gasteiger partial charge is 0.118 e. The van der Waals surface area contributed by atoms with Crippen LogP contribution in [0.2, 0.25) is 10.0 Å². The van der Waals surface area contributed by atoms with Gasteiger partial charge in [0.05, 0.1) is 7.11 Å². The Morgan fingerprint density at radius 2 is 1.72 bits per heavy atom. The average Bonchev–Trinajstić information content (AvgIpc) is 2.41. The number of aliphatic hydroxyl groups excluding tert-OH is 1. The standard InChI is InChI=1S/C14H12Cl2O2/c1-18-11-5-2-9(3-6-11)14(17)12-8-10(15)4-7-13(12)16/h2-8,14,17H,1H3. The highest BCUT2D eigenvalue weighted by Crippen LogP contribution is 2.31. The van der Waals surface area contributed by atoms with Crippen molar-refractivity contribution in [2.24, 2.45) is 0 Å². The number of methoxy groups -OCH3 is 1. The summed E-state index contributed by atoms with van der Waals surface area (Å²) in [5.74, 6) is 0.739. The largest absolute Gasteiger partial charge is 0.497 e. The van der Waals surface area contributed by atoms with Crippen LogP contribution in [0.3, 0.4) is 0 Å². The van der Waals surface area contributed by atoms with E-state index < -0.39 is 6.10 Å². The van der Waals surface area contributed by atoms with Crippen LogP contribution < -0.4 is 4.74 Å². The topological polar surface area (TPSA) is 29.5 Å². The third-order valence-corrected chi connectivity index (χ3v) is 3.26. The lowest BCUT2D eigenvalue weighted by Crippen LogP contribution is -2.00. The van der Waals surface area contributed by atoms with E-state index >= 15 is 0 Å². The van der Waals surface area contributed by atoms with Crippen LogP contribution in [0.5, 0.6) is 5.75 Å². The maximum Gasteiger partial charge on any atom is 0.118 e. The van der Waals surface area contributed by atoms with Crippen molar-refractivity contribution in [2.75, 3.05) is 7.11 Å². The number of hydrogen-bond donors (Lipinski definition) is 1. The molecule has 0 aliphatic heterocycles. The second-order valence-corrected chi connectivity index (χ2v) is 4.69. The van der Waals surface area contributed by atoms with Gasteiger partial charge in [0.25, 0.3) is 0 Å². The van der Waals surface area contributed by atoms with Crippen LogP contribution in [-0.2, 0) is 0 Å². The van der Waals surface area contributed by atoms with E-state index in [-0.39, 0.29) is 0 Å². The number of benzene rings is 2. The molecule has 0 saturated heterocycles. The summed E-state index contributed by atoms with van der Waals surface area (Å²) in [6.07, 6.45) is -0.804. The number of halogens is 2. The fourth-order valence-electron chi connectivity index (χ4n) is 1.69. The molecule has 1 unspecified atom stereocenters. The number of aliphatic hydroxyl groups is 1. The monoisotopic (exact) mass is 282 g/mol. The zero-order valence-electron chi connectivity index (χ0n) is 9.73. The zero-order valence-corrected chi connectivity index (χ0v) is 11.2. The summed E-state index contributed by atoms with van der Waals surface area (Å²) in [6, 6.07) is 12.2. The van der Waals surface area contributed by atoms with E-state index in [1.807, 2.05) is 0 Å². The highest BCUT2D eigenvalue weighted by Gasteiger charge is 2.14. The lowest BCUT2D eigenvalue weighted by molar-refractivity contribution is 0.220. The van der Waals surface area contributed by atoms with Crippen molar-refractivity contribution in [1.29, 1.82) is 0 Å². The van der Waals surface area contributed by atoms with Gasteiger partial charge in [-0.1, -0.05) is 35.3 Å². The quantitative estimate of drug-likeness (QED) is 0.919. The lowest BCUT2D eigenvalue weighted by atomic mass is 10.0. The first-order valence-corrected chi connectivity index (χ1v) is 6.14. The van der Waals surface area contributed by atoms with Gasteiger partial charge in [-0.25, -0.2) is 0 Å². The van der Waals surface area contributed by atoms with E-state index in [9.17, 15) is 5.11 Å². The minimum absolute atomic E-state index is 0.489. The summed E-state index contributed by atoms with van der Waals surface area (Å²) in [6.45, 7) is 0. The summed E-state index contributed by atoms with van der Waals surface area (Å²) < 4.78 is 5.07. The van der Waals surface area contributed by atoms with E-state index in [2.05, 4.69) is 0 Å².